The molecule has 39 heavy (non-hydrogen) atoms. The van der Waals surface area contributed by atoms with E-state index in [0.717, 1.165) is 9.87 Å². The molecule has 0 spiro atoms. The molecule has 11 heteroatoms. The van der Waals surface area contributed by atoms with Crippen LogP contribution < -0.4 is 14.5 Å². The third-order valence-electron chi connectivity index (χ3n) is 5.50. The second-order valence-corrected chi connectivity index (χ2v) is 10.1. The fraction of sp³-hybridized carbons (Fsp3) is 0.0714. The summed E-state index contributed by atoms with van der Waals surface area (Å²) in [4.78, 5) is 23.0. The first kappa shape index (κ1) is 27.0. The number of rotatable bonds is 11. The van der Waals surface area contributed by atoms with Crippen LogP contribution in [0.1, 0.15) is 11.1 Å². The lowest BCUT2D eigenvalue weighted by molar-refractivity contribution is -0.384. The molecule has 198 valence electrons. The summed E-state index contributed by atoms with van der Waals surface area (Å²) in [6.07, 6.45) is 1.43. The number of para-hydroxylation sites is 1. The van der Waals surface area contributed by atoms with E-state index in [0.29, 0.717) is 17.0 Å². The van der Waals surface area contributed by atoms with E-state index in [1.165, 1.54) is 30.5 Å². The average Bonchev–Trinajstić information content (AvgIpc) is 2.96. The molecule has 0 fully saturated rings. The molecule has 10 nitrogen and oxygen atoms in total. The molecule has 1 amide bonds. The number of carbonyl (C=O) groups excluding carboxylic acids is 1. The molecule has 0 radical (unpaired) electrons. The summed E-state index contributed by atoms with van der Waals surface area (Å²) in [6, 6.07) is 29.3. The Kier molecular flexibility index (Phi) is 8.64. The van der Waals surface area contributed by atoms with Crippen LogP contribution >= 0.6 is 0 Å². The van der Waals surface area contributed by atoms with Gasteiger partial charge in [0.2, 0.25) is 0 Å². The lowest BCUT2D eigenvalue weighted by Crippen LogP contribution is -2.39. The van der Waals surface area contributed by atoms with Gasteiger partial charge in [-0.3, -0.25) is 19.2 Å². The Balaban J connectivity index is 1.35. The van der Waals surface area contributed by atoms with E-state index in [1.54, 1.807) is 84.9 Å². The minimum absolute atomic E-state index is 0.0140. The van der Waals surface area contributed by atoms with Crippen molar-refractivity contribution < 1.29 is 22.9 Å². The van der Waals surface area contributed by atoms with Gasteiger partial charge in [0.05, 0.1) is 21.7 Å². The fourth-order valence-electron chi connectivity index (χ4n) is 3.50. The summed E-state index contributed by atoms with van der Waals surface area (Å²) in [5.74, 6) is -0.0307. The molecule has 0 saturated carbocycles. The molecule has 0 aliphatic heterocycles. The van der Waals surface area contributed by atoms with Gasteiger partial charge in [0, 0.05) is 12.1 Å². The van der Waals surface area contributed by atoms with Crippen molar-refractivity contribution >= 4 is 33.5 Å². The lowest BCUT2D eigenvalue weighted by Gasteiger charge is -2.23. The quantitative estimate of drug-likeness (QED) is 0.168. The van der Waals surface area contributed by atoms with Gasteiger partial charge in [0.15, 0.2) is 0 Å². The smallest absolute Gasteiger partial charge is 0.269 e. The van der Waals surface area contributed by atoms with Crippen molar-refractivity contribution in [3.63, 3.8) is 0 Å². The topological polar surface area (TPSA) is 131 Å². The summed E-state index contributed by atoms with van der Waals surface area (Å²) >= 11 is 0. The van der Waals surface area contributed by atoms with Crippen molar-refractivity contribution in [2.24, 2.45) is 5.10 Å². The van der Waals surface area contributed by atoms with Crippen LogP contribution in [0.2, 0.25) is 0 Å². The number of nitrogens with one attached hydrogen (secondary N) is 1. The number of nitro groups is 1. The van der Waals surface area contributed by atoms with E-state index in [2.05, 4.69) is 10.5 Å². The predicted octanol–water partition coefficient (Wildman–Crippen LogP) is 4.52. The molecule has 0 heterocycles. The van der Waals surface area contributed by atoms with Crippen LogP contribution in [0.15, 0.2) is 119 Å². The van der Waals surface area contributed by atoms with Gasteiger partial charge >= 0.3 is 0 Å². The second kappa shape index (κ2) is 12.5. The normalized spacial score (nSPS) is 11.2. The number of carbonyl (C=O) groups is 1. The Labute approximate surface area is 225 Å². The number of amides is 1. The second-order valence-electron chi connectivity index (χ2n) is 8.23. The molecule has 0 bridgehead atoms. The largest absolute Gasteiger partial charge is 0.489 e. The van der Waals surface area contributed by atoms with Crippen LogP contribution in [0.4, 0.5) is 11.4 Å². The molecule has 0 unspecified atom stereocenters. The standard InChI is InChI=1S/C28H24N4O6S/c33-28(20-31(24-7-3-1-4-8-24)39(36,37)27-9-5-2-6-10-27)30-29-19-22-13-17-26(18-14-22)38-21-23-11-15-25(16-12-23)32(34)35/h1-19H,20-21H2,(H,30,33)/b29-19-. The summed E-state index contributed by atoms with van der Waals surface area (Å²) in [6.45, 7) is -0.223. The molecule has 0 aromatic heterocycles. The maximum absolute atomic E-state index is 13.2. The Bertz CT molecular complexity index is 1540. The first-order chi connectivity index (χ1) is 18.8. The molecule has 0 saturated heterocycles. The predicted molar refractivity (Wildman–Crippen MR) is 147 cm³/mol. The van der Waals surface area contributed by atoms with Gasteiger partial charge in [-0.15, -0.1) is 0 Å². The number of hydrogen-bond donors (Lipinski definition) is 1. The maximum atomic E-state index is 13.2. The molecule has 0 aliphatic carbocycles. The Morgan fingerprint density at radius 2 is 1.51 bits per heavy atom. The molecular weight excluding hydrogens is 520 g/mol. The summed E-state index contributed by atoms with van der Waals surface area (Å²) in [7, 11) is -3.99. The van der Waals surface area contributed by atoms with E-state index in [1.807, 2.05) is 0 Å². The maximum Gasteiger partial charge on any atom is 0.269 e. The van der Waals surface area contributed by atoms with Crippen LogP contribution in [0.5, 0.6) is 5.75 Å². The van der Waals surface area contributed by atoms with E-state index in [9.17, 15) is 23.3 Å². The first-order valence-electron chi connectivity index (χ1n) is 11.7. The van der Waals surface area contributed by atoms with E-state index in [-0.39, 0.29) is 17.2 Å². The van der Waals surface area contributed by atoms with Crippen molar-refractivity contribution in [3.8, 4) is 5.75 Å². The molecule has 1 N–H and O–H groups in total. The minimum Gasteiger partial charge on any atom is -0.489 e. The SMILES string of the molecule is O=C(CN(c1ccccc1)S(=O)(=O)c1ccccc1)N/N=C\c1ccc(OCc2ccc([N+](=O)[O-])cc2)cc1. The molecular formula is C28H24N4O6S. The summed E-state index contributed by atoms with van der Waals surface area (Å²) in [5.41, 5.74) is 4.20. The fourth-order valence-corrected chi connectivity index (χ4v) is 4.95. The highest BCUT2D eigenvalue weighted by atomic mass is 32.2. The van der Waals surface area contributed by atoms with Gasteiger partial charge in [0.25, 0.3) is 21.6 Å². The zero-order valence-corrected chi connectivity index (χ0v) is 21.4. The molecule has 4 aromatic rings. The number of nitro benzene ring substituents is 1. The summed E-state index contributed by atoms with van der Waals surface area (Å²) < 4.78 is 33.2. The highest BCUT2D eigenvalue weighted by Crippen LogP contribution is 2.23. The molecule has 0 atom stereocenters. The monoisotopic (exact) mass is 544 g/mol. The lowest BCUT2D eigenvalue weighted by atomic mass is 10.2. The number of nitrogens with zero attached hydrogens (tertiary/aromatic N) is 3. The van der Waals surface area contributed by atoms with E-state index < -0.39 is 27.4 Å². The average molecular weight is 545 g/mol. The van der Waals surface area contributed by atoms with Crippen molar-refractivity contribution in [2.45, 2.75) is 11.5 Å². The zero-order valence-electron chi connectivity index (χ0n) is 20.6. The van der Waals surface area contributed by atoms with Crippen LogP contribution in [-0.2, 0) is 21.4 Å². The van der Waals surface area contributed by atoms with Crippen LogP contribution in [0, 0.1) is 10.1 Å². The number of non-ortho nitro benzene ring substituents is 1. The number of hydrogen-bond acceptors (Lipinski definition) is 7. The molecule has 0 aliphatic rings. The van der Waals surface area contributed by atoms with Crippen LogP contribution in [0.25, 0.3) is 0 Å². The number of benzene rings is 4. The zero-order chi connectivity index (χ0) is 27.7. The van der Waals surface area contributed by atoms with Gasteiger partial charge < -0.3 is 4.74 Å². The number of anilines is 1. The molecule has 4 rings (SSSR count). The van der Waals surface area contributed by atoms with Gasteiger partial charge in [-0.05, 0) is 71.8 Å². The Morgan fingerprint density at radius 1 is 0.897 bits per heavy atom. The van der Waals surface area contributed by atoms with Crippen molar-refractivity contribution in [1.29, 1.82) is 0 Å². The minimum atomic E-state index is -3.99. The van der Waals surface area contributed by atoms with E-state index in [4.69, 9.17) is 4.74 Å². The highest BCUT2D eigenvalue weighted by molar-refractivity contribution is 7.92. The number of ether oxygens (including phenoxy) is 1. The van der Waals surface area contributed by atoms with Crippen LogP contribution in [0.3, 0.4) is 0 Å². The van der Waals surface area contributed by atoms with E-state index >= 15 is 0 Å². The van der Waals surface area contributed by atoms with Crippen molar-refractivity contribution in [2.75, 3.05) is 10.8 Å². The Morgan fingerprint density at radius 3 is 2.13 bits per heavy atom. The third kappa shape index (κ3) is 7.27. The van der Waals surface area contributed by atoms with Gasteiger partial charge in [-0.2, -0.15) is 5.10 Å². The first-order valence-corrected chi connectivity index (χ1v) is 13.2. The third-order valence-corrected chi connectivity index (χ3v) is 7.29. The van der Waals surface area contributed by atoms with Gasteiger partial charge in [-0.1, -0.05) is 36.4 Å². The van der Waals surface area contributed by atoms with Gasteiger partial charge in [0.1, 0.15) is 18.9 Å². The Hall–Kier alpha value is -5.03. The molecule has 4 aromatic carbocycles. The number of hydrazone groups is 1. The van der Waals surface area contributed by atoms with Crippen molar-refractivity contribution in [3.05, 3.63) is 130 Å². The highest BCUT2D eigenvalue weighted by Gasteiger charge is 2.26. The van der Waals surface area contributed by atoms with Crippen molar-refractivity contribution in [1.82, 2.24) is 5.43 Å². The summed E-state index contributed by atoms with van der Waals surface area (Å²) in [5, 5.41) is 14.7. The van der Waals surface area contributed by atoms with Crippen LogP contribution in [-0.4, -0.2) is 32.0 Å². The van der Waals surface area contributed by atoms with Gasteiger partial charge in [-0.25, -0.2) is 13.8 Å². The number of sulfonamides is 1.